The van der Waals surface area contributed by atoms with Crippen LogP contribution < -0.4 is 5.32 Å². The third-order valence-electron chi connectivity index (χ3n) is 5.90. The van der Waals surface area contributed by atoms with Crippen molar-refractivity contribution in [2.45, 2.75) is 50.5 Å². The van der Waals surface area contributed by atoms with Crippen molar-refractivity contribution in [3.05, 3.63) is 35.4 Å². The zero-order valence-electron chi connectivity index (χ0n) is 15.0. The Bertz CT molecular complexity index is 742. The van der Waals surface area contributed by atoms with E-state index in [2.05, 4.69) is 5.32 Å². The van der Waals surface area contributed by atoms with Gasteiger partial charge in [0.1, 0.15) is 12.1 Å². The highest BCUT2D eigenvalue weighted by molar-refractivity contribution is 6.09. The minimum atomic E-state index is -1.01. The summed E-state index contributed by atoms with van der Waals surface area (Å²) in [6.45, 7) is 1.28. The first-order valence-corrected chi connectivity index (χ1v) is 9.62. The number of carbonyl (C=O) groups excluding carboxylic acids is 3. The van der Waals surface area contributed by atoms with Crippen LogP contribution in [-0.4, -0.2) is 47.3 Å². The van der Waals surface area contributed by atoms with E-state index in [0.717, 1.165) is 67.6 Å². The van der Waals surface area contributed by atoms with E-state index in [0.29, 0.717) is 6.42 Å². The SMILES string of the molecule is O=C(CN1C(=O)N[C@]2(CCCCc3ccccc32)C1=O)N1CCCCC1. The number of rotatable bonds is 2. The number of carbonyl (C=O) groups is 3. The molecule has 26 heavy (non-hydrogen) atoms. The third kappa shape index (κ3) is 2.77. The number of hydrogen-bond donors (Lipinski definition) is 1. The van der Waals surface area contributed by atoms with Gasteiger partial charge in [-0.15, -0.1) is 0 Å². The molecule has 6 heteroatoms. The zero-order chi connectivity index (χ0) is 18.1. The lowest BCUT2D eigenvalue weighted by Gasteiger charge is -2.29. The molecule has 1 aliphatic carbocycles. The minimum absolute atomic E-state index is 0.132. The van der Waals surface area contributed by atoms with Gasteiger partial charge in [0.2, 0.25) is 5.91 Å². The van der Waals surface area contributed by atoms with Crippen molar-refractivity contribution in [1.29, 1.82) is 0 Å². The fraction of sp³-hybridized carbons (Fsp3) is 0.550. The Labute approximate surface area is 153 Å². The average molecular weight is 355 g/mol. The fourth-order valence-electron chi connectivity index (χ4n) is 4.50. The van der Waals surface area contributed by atoms with Crippen LogP contribution in [0.15, 0.2) is 24.3 Å². The van der Waals surface area contributed by atoms with E-state index in [1.165, 1.54) is 0 Å². The number of amides is 4. The predicted molar refractivity (Wildman–Crippen MR) is 96.4 cm³/mol. The number of imide groups is 1. The van der Waals surface area contributed by atoms with Gasteiger partial charge >= 0.3 is 6.03 Å². The van der Waals surface area contributed by atoms with Crippen LogP contribution in [0.25, 0.3) is 0 Å². The lowest BCUT2D eigenvalue weighted by Crippen LogP contribution is -2.46. The molecule has 1 spiro atoms. The molecule has 0 aromatic heterocycles. The number of aryl methyl sites for hydroxylation is 1. The largest absolute Gasteiger partial charge is 0.341 e. The number of urea groups is 1. The minimum Gasteiger partial charge on any atom is -0.341 e. The van der Waals surface area contributed by atoms with Crippen molar-refractivity contribution in [1.82, 2.24) is 15.1 Å². The Balaban J connectivity index is 1.60. The molecule has 0 bridgehead atoms. The molecule has 4 rings (SSSR count). The summed E-state index contributed by atoms with van der Waals surface area (Å²) in [5.74, 6) is -0.408. The summed E-state index contributed by atoms with van der Waals surface area (Å²) in [7, 11) is 0. The van der Waals surface area contributed by atoms with Crippen molar-refractivity contribution < 1.29 is 14.4 Å². The Morgan fingerprint density at radius 1 is 1.04 bits per heavy atom. The number of benzene rings is 1. The highest BCUT2D eigenvalue weighted by Crippen LogP contribution is 2.38. The lowest BCUT2D eigenvalue weighted by molar-refractivity contribution is -0.139. The molecule has 0 radical (unpaired) electrons. The van der Waals surface area contributed by atoms with Crippen molar-refractivity contribution in [3.8, 4) is 0 Å². The van der Waals surface area contributed by atoms with E-state index in [-0.39, 0.29) is 18.4 Å². The van der Waals surface area contributed by atoms with Gasteiger partial charge in [-0.2, -0.15) is 0 Å². The molecule has 2 heterocycles. The molecule has 1 aromatic rings. The molecule has 2 saturated heterocycles. The quantitative estimate of drug-likeness (QED) is 0.827. The van der Waals surface area contributed by atoms with Gasteiger partial charge in [-0.25, -0.2) is 4.79 Å². The number of likely N-dealkylation sites (tertiary alicyclic amines) is 1. The molecule has 1 N–H and O–H groups in total. The number of fused-ring (bicyclic) bond motifs is 2. The van der Waals surface area contributed by atoms with E-state index >= 15 is 0 Å². The van der Waals surface area contributed by atoms with Crippen LogP contribution in [0.1, 0.15) is 49.7 Å². The van der Waals surface area contributed by atoms with Gasteiger partial charge in [-0.1, -0.05) is 24.3 Å². The van der Waals surface area contributed by atoms with Crippen molar-refractivity contribution in [2.75, 3.05) is 19.6 Å². The smallest absolute Gasteiger partial charge is 0.325 e. The molecule has 0 saturated carbocycles. The average Bonchev–Trinajstić information content (AvgIpc) is 2.82. The van der Waals surface area contributed by atoms with E-state index in [9.17, 15) is 14.4 Å². The maximum absolute atomic E-state index is 13.3. The number of nitrogens with one attached hydrogen (secondary N) is 1. The summed E-state index contributed by atoms with van der Waals surface area (Å²) in [5, 5.41) is 2.94. The van der Waals surface area contributed by atoms with Gasteiger partial charge in [0.05, 0.1) is 0 Å². The van der Waals surface area contributed by atoms with Gasteiger partial charge in [-0.05, 0) is 56.1 Å². The van der Waals surface area contributed by atoms with E-state index in [1.54, 1.807) is 4.90 Å². The third-order valence-corrected chi connectivity index (χ3v) is 5.90. The maximum atomic E-state index is 13.3. The lowest BCUT2D eigenvalue weighted by atomic mass is 9.84. The molecular weight excluding hydrogens is 330 g/mol. The molecule has 4 amide bonds. The summed E-state index contributed by atoms with van der Waals surface area (Å²) < 4.78 is 0. The van der Waals surface area contributed by atoms with E-state index in [4.69, 9.17) is 0 Å². The van der Waals surface area contributed by atoms with Crippen molar-refractivity contribution in [2.24, 2.45) is 0 Å². The highest BCUT2D eigenvalue weighted by Gasteiger charge is 2.53. The summed E-state index contributed by atoms with van der Waals surface area (Å²) in [6.07, 6.45) is 6.47. The topological polar surface area (TPSA) is 69.7 Å². The van der Waals surface area contributed by atoms with E-state index in [1.807, 2.05) is 24.3 Å². The van der Waals surface area contributed by atoms with Crippen molar-refractivity contribution in [3.63, 3.8) is 0 Å². The predicted octanol–water partition coefficient (Wildman–Crippen LogP) is 2.17. The van der Waals surface area contributed by atoms with Gasteiger partial charge in [0.25, 0.3) is 5.91 Å². The Kier molecular flexibility index (Phi) is 4.42. The fourth-order valence-corrected chi connectivity index (χ4v) is 4.50. The first kappa shape index (κ1) is 17.1. The molecule has 1 aromatic carbocycles. The van der Waals surface area contributed by atoms with Crippen LogP contribution in [0.2, 0.25) is 0 Å². The zero-order valence-corrected chi connectivity index (χ0v) is 15.0. The van der Waals surface area contributed by atoms with Crippen LogP contribution in [0.4, 0.5) is 4.79 Å². The standard InChI is InChI=1S/C20H25N3O3/c24-17(22-12-6-1-7-13-22)14-23-18(25)20(21-19(23)26)11-5-4-9-15-8-2-3-10-16(15)20/h2-3,8,10H,1,4-7,9,11-14H2,(H,21,26)/t20-/m0/s1. The first-order valence-electron chi connectivity index (χ1n) is 9.62. The monoisotopic (exact) mass is 355 g/mol. The molecule has 2 aliphatic heterocycles. The van der Waals surface area contributed by atoms with Crippen molar-refractivity contribution >= 4 is 17.8 Å². The van der Waals surface area contributed by atoms with Crippen LogP contribution >= 0.6 is 0 Å². The molecule has 3 aliphatic rings. The molecule has 2 fully saturated rings. The second-order valence-corrected chi connectivity index (χ2v) is 7.53. The number of piperidine rings is 1. The molecule has 6 nitrogen and oxygen atoms in total. The second kappa shape index (κ2) is 6.74. The molecule has 0 unspecified atom stereocenters. The summed E-state index contributed by atoms with van der Waals surface area (Å²) in [5.41, 5.74) is 0.999. The Morgan fingerprint density at radius 2 is 1.81 bits per heavy atom. The van der Waals surface area contributed by atoms with Crippen LogP contribution in [0, 0.1) is 0 Å². The molecule has 138 valence electrons. The summed E-state index contributed by atoms with van der Waals surface area (Å²) >= 11 is 0. The Morgan fingerprint density at radius 3 is 2.62 bits per heavy atom. The van der Waals surface area contributed by atoms with E-state index < -0.39 is 11.6 Å². The normalized spacial score (nSPS) is 25.8. The summed E-state index contributed by atoms with van der Waals surface area (Å²) in [6, 6.07) is 7.40. The van der Waals surface area contributed by atoms with Gasteiger partial charge in [-0.3, -0.25) is 14.5 Å². The number of hydrogen-bond acceptors (Lipinski definition) is 3. The maximum Gasteiger partial charge on any atom is 0.325 e. The van der Waals surface area contributed by atoms with Gasteiger partial charge in [0, 0.05) is 13.1 Å². The highest BCUT2D eigenvalue weighted by atomic mass is 16.2. The van der Waals surface area contributed by atoms with Crippen LogP contribution in [-0.2, 0) is 21.5 Å². The van der Waals surface area contributed by atoms with Crippen LogP contribution in [0.5, 0.6) is 0 Å². The second-order valence-electron chi connectivity index (χ2n) is 7.53. The summed E-state index contributed by atoms with van der Waals surface area (Å²) in [4.78, 5) is 41.4. The van der Waals surface area contributed by atoms with Gasteiger partial charge in [0.15, 0.2) is 0 Å². The Hall–Kier alpha value is -2.37. The molecular formula is C20H25N3O3. The first-order chi connectivity index (χ1) is 12.6. The van der Waals surface area contributed by atoms with Gasteiger partial charge < -0.3 is 10.2 Å². The number of nitrogens with zero attached hydrogens (tertiary/aromatic N) is 2. The molecule has 1 atom stereocenters. The van der Waals surface area contributed by atoms with Crippen LogP contribution in [0.3, 0.4) is 0 Å².